The summed E-state index contributed by atoms with van der Waals surface area (Å²) in [7, 11) is 0. The molecule has 1 saturated heterocycles. The predicted molar refractivity (Wildman–Crippen MR) is 94.5 cm³/mol. The fourth-order valence-electron chi connectivity index (χ4n) is 2.50. The molecule has 0 radical (unpaired) electrons. The van der Waals surface area contributed by atoms with Crippen LogP contribution in [0.15, 0.2) is 36.4 Å². The van der Waals surface area contributed by atoms with Crippen LogP contribution in [0.5, 0.6) is 0 Å². The average molecular weight is 330 g/mol. The number of rotatable bonds is 2. The van der Waals surface area contributed by atoms with Crippen LogP contribution in [0.2, 0.25) is 0 Å². The van der Waals surface area contributed by atoms with E-state index >= 15 is 0 Å². The van der Waals surface area contributed by atoms with Gasteiger partial charge in [0, 0.05) is 32.3 Å². The lowest BCUT2D eigenvalue weighted by Gasteiger charge is -2.35. The molecule has 0 bridgehead atoms. The van der Waals surface area contributed by atoms with E-state index in [1.54, 1.807) is 15.9 Å². The second-order valence-corrected chi connectivity index (χ2v) is 6.99. The maximum absolute atomic E-state index is 12.4. The summed E-state index contributed by atoms with van der Waals surface area (Å²) in [6, 6.07) is 9.83. The first-order valence-corrected chi connectivity index (χ1v) is 8.27. The van der Waals surface area contributed by atoms with Gasteiger partial charge in [-0.3, -0.25) is 4.79 Å². The minimum absolute atomic E-state index is 0.0137. The SMILES string of the molecule is C/C(=C\C(=O)N1CCN(C(=O)OC(C)(C)C)CC1)c1ccccc1. The zero-order valence-electron chi connectivity index (χ0n) is 14.9. The van der Waals surface area contributed by atoms with Crippen LogP contribution >= 0.6 is 0 Å². The maximum Gasteiger partial charge on any atom is 0.410 e. The van der Waals surface area contributed by atoms with Gasteiger partial charge in [-0.1, -0.05) is 30.3 Å². The Morgan fingerprint density at radius 1 is 1.00 bits per heavy atom. The highest BCUT2D eigenvalue weighted by Crippen LogP contribution is 2.15. The fraction of sp³-hybridized carbons (Fsp3) is 0.474. The van der Waals surface area contributed by atoms with E-state index in [0.29, 0.717) is 26.2 Å². The number of hydrogen-bond donors (Lipinski definition) is 0. The van der Waals surface area contributed by atoms with Crippen molar-refractivity contribution >= 4 is 17.6 Å². The second kappa shape index (κ2) is 7.51. The second-order valence-electron chi connectivity index (χ2n) is 6.99. The Morgan fingerprint density at radius 2 is 1.54 bits per heavy atom. The van der Waals surface area contributed by atoms with Crippen molar-refractivity contribution < 1.29 is 14.3 Å². The normalized spacial score (nSPS) is 16.1. The molecule has 0 N–H and O–H groups in total. The molecule has 130 valence electrons. The number of piperazine rings is 1. The molecule has 0 unspecified atom stereocenters. The van der Waals surface area contributed by atoms with Gasteiger partial charge in [-0.2, -0.15) is 0 Å². The lowest BCUT2D eigenvalue weighted by molar-refractivity contribution is -0.127. The van der Waals surface area contributed by atoms with E-state index in [0.717, 1.165) is 11.1 Å². The van der Waals surface area contributed by atoms with E-state index in [2.05, 4.69) is 0 Å². The Labute approximate surface area is 143 Å². The van der Waals surface area contributed by atoms with E-state index in [1.807, 2.05) is 58.0 Å². The minimum Gasteiger partial charge on any atom is -0.444 e. The fourth-order valence-corrected chi connectivity index (χ4v) is 2.50. The van der Waals surface area contributed by atoms with Crippen molar-refractivity contribution in [2.75, 3.05) is 26.2 Å². The van der Waals surface area contributed by atoms with E-state index < -0.39 is 5.60 Å². The number of benzene rings is 1. The van der Waals surface area contributed by atoms with E-state index in [1.165, 1.54) is 0 Å². The molecular formula is C19H26N2O3. The molecule has 0 aromatic heterocycles. The minimum atomic E-state index is -0.500. The molecule has 2 rings (SSSR count). The Kier molecular flexibility index (Phi) is 5.65. The smallest absolute Gasteiger partial charge is 0.410 e. The van der Waals surface area contributed by atoms with Gasteiger partial charge >= 0.3 is 6.09 Å². The average Bonchev–Trinajstić information content (AvgIpc) is 2.54. The van der Waals surface area contributed by atoms with Crippen molar-refractivity contribution in [1.82, 2.24) is 9.80 Å². The highest BCUT2D eigenvalue weighted by Gasteiger charge is 2.27. The van der Waals surface area contributed by atoms with Gasteiger partial charge in [0.1, 0.15) is 5.60 Å². The van der Waals surface area contributed by atoms with Crippen LogP contribution in [-0.2, 0) is 9.53 Å². The molecule has 5 nitrogen and oxygen atoms in total. The van der Waals surface area contributed by atoms with Crippen LogP contribution in [0.1, 0.15) is 33.3 Å². The first-order chi connectivity index (χ1) is 11.3. The molecule has 0 aliphatic carbocycles. The summed E-state index contributed by atoms with van der Waals surface area (Å²) >= 11 is 0. The standard InChI is InChI=1S/C19H26N2O3/c1-15(16-8-6-5-7-9-16)14-17(22)20-10-12-21(13-11-20)18(23)24-19(2,3)4/h5-9,14H,10-13H2,1-4H3/b15-14+. The van der Waals surface area contributed by atoms with E-state index in [9.17, 15) is 9.59 Å². The third-order valence-electron chi connectivity index (χ3n) is 3.81. The van der Waals surface area contributed by atoms with Crippen LogP contribution in [0, 0.1) is 0 Å². The number of nitrogens with zero attached hydrogens (tertiary/aromatic N) is 2. The van der Waals surface area contributed by atoms with Crippen molar-refractivity contribution in [3.8, 4) is 0 Å². The summed E-state index contributed by atoms with van der Waals surface area (Å²) < 4.78 is 5.37. The van der Waals surface area contributed by atoms with Crippen molar-refractivity contribution in [3.05, 3.63) is 42.0 Å². The monoisotopic (exact) mass is 330 g/mol. The van der Waals surface area contributed by atoms with Gasteiger partial charge in [0.05, 0.1) is 0 Å². The van der Waals surface area contributed by atoms with Gasteiger partial charge in [0.2, 0.25) is 5.91 Å². The molecule has 1 aromatic carbocycles. The molecular weight excluding hydrogens is 304 g/mol. The van der Waals surface area contributed by atoms with Gasteiger partial charge < -0.3 is 14.5 Å². The number of ether oxygens (including phenoxy) is 1. The van der Waals surface area contributed by atoms with Crippen LogP contribution in [0.4, 0.5) is 4.79 Å². The summed E-state index contributed by atoms with van der Waals surface area (Å²) in [5.41, 5.74) is 1.48. The van der Waals surface area contributed by atoms with Crippen LogP contribution < -0.4 is 0 Å². The van der Waals surface area contributed by atoms with Gasteiger partial charge in [-0.15, -0.1) is 0 Å². The van der Waals surface area contributed by atoms with Gasteiger partial charge in [-0.05, 0) is 38.8 Å². The lowest BCUT2D eigenvalue weighted by Crippen LogP contribution is -2.51. The van der Waals surface area contributed by atoms with Gasteiger partial charge in [0.25, 0.3) is 0 Å². The van der Waals surface area contributed by atoms with Crippen molar-refractivity contribution in [2.45, 2.75) is 33.3 Å². The summed E-state index contributed by atoms with van der Waals surface area (Å²) in [6.07, 6.45) is 1.35. The van der Waals surface area contributed by atoms with Gasteiger partial charge in [0.15, 0.2) is 0 Å². The summed E-state index contributed by atoms with van der Waals surface area (Å²) in [5.74, 6) is -0.0137. The molecule has 0 saturated carbocycles. The van der Waals surface area contributed by atoms with Gasteiger partial charge in [-0.25, -0.2) is 4.79 Å². The lowest BCUT2D eigenvalue weighted by atomic mass is 10.1. The molecule has 1 aliphatic rings. The zero-order valence-corrected chi connectivity index (χ0v) is 14.9. The number of carbonyl (C=O) groups excluding carboxylic acids is 2. The van der Waals surface area contributed by atoms with Crippen molar-refractivity contribution in [2.24, 2.45) is 0 Å². The van der Waals surface area contributed by atoms with Crippen molar-refractivity contribution in [1.29, 1.82) is 0 Å². The molecule has 1 aliphatic heterocycles. The first-order valence-electron chi connectivity index (χ1n) is 8.27. The van der Waals surface area contributed by atoms with Crippen LogP contribution in [-0.4, -0.2) is 53.6 Å². The Hall–Kier alpha value is -2.30. The third kappa shape index (κ3) is 5.11. The van der Waals surface area contributed by atoms with E-state index in [4.69, 9.17) is 4.74 Å². The zero-order chi connectivity index (χ0) is 17.7. The molecule has 2 amide bonds. The maximum atomic E-state index is 12.4. The Balaban J connectivity index is 1.90. The molecule has 24 heavy (non-hydrogen) atoms. The predicted octanol–water partition coefficient (Wildman–Crippen LogP) is 3.17. The molecule has 0 spiro atoms. The number of hydrogen-bond acceptors (Lipinski definition) is 3. The Morgan fingerprint density at radius 3 is 2.08 bits per heavy atom. The van der Waals surface area contributed by atoms with E-state index in [-0.39, 0.29) is 12.0 Å². The molecule has 5 heteroatoms. The third-order valence-corrected chi connectivity index (χ3v) is 3.81. The number of amides is 2. The van der Waals surface area contributed by atoms with Crippen LogP contribution in [0.3, 0.4) is 0 Å². The molecule has 1 fully saturated rings. The summed E-state index contributed by atoms with van der Waals surface area (Å²) in [5, 5.41) is 0. The summed E-state index contributed by atoms with van der Waals surface area (Å²) in [6.45, 7) is 9.53. The number of carbonyl (C=O) groups is 2. The topological polar surface area (TPSA) is 49.9 Å². The number of allylic oxidation sites excluding steroid dienone is 1. The summed E-state index contributed by atoms with van der Waals surface area (Å²) in [4.78, 5) is 27.9. The molecule has 1 heterocycles. The molecule has 0 atom stereocenters. The quantitative estimate of drug-likeness (QED) is 0.783. The Bertz CT molecular complexity index is 609. The highest BCUT2D eigenvalue weighted by molar-refractivity contribution is 5.95. The highest BCUT2D eigenvalue weighted by atomic mass is 16.6. The molecule has 1 aromatic rings. The largest absolute Gasteiger partial charge is 0.444 e. The van der Waals surface area contributed by atoms with Crippen molar-refractivity contribution in [3.63, 3.8) is 0 Å². The van der Waals surface area contributed by atoms with Crippen LogP contribution in [0.25, 0.3) is 5.57 Å². The first kappa shape index (κ1) is 18.0.